The summed E-state index contributed by atoms with van der Waals surface area (Å²) >= 11 is 0. The number of aromatic hydroxyl groups is 1. The van der Waals surface area contributed by atoms with E-state index in [4.69, 9.17) is 13.9 Å². The molecule has 2 aromatic carbocycles. The number of hydrogen-bond acceptors (Lipinski definition) is 7. The zero-order valence-electron chi connectivity index (χ0n) is 18.9. The Labute approximate surface area is 187 Å². The normalized spacial score (nSPS) is 15.2. The van der Waals surface area contributed by atoms with Gasteiger partial charge in [-0.15, -0.1) is 0 Å². The van der Waals surface area contributed by atoms with E-state index >= 15 is 0 Å². The molecule has 0 saturated carbocycles. The van der Waals surface area contributed by atoms with Crippen molar-refractivity contribution < 1.29 is 19.0 Å². The van der Waals surface area contributed by atoms with Gasteiger partial charge in [0.05, 0.1) is 14.2 Å². The average Bonchev–Trinajstić information content (AvgIpc) is 2.79. The Balaban J connectivity index is 1.43. The molecule has 0 atom stereocenters. The first kappa shape index (κ1) is 22.2. The fourth-order valence-electron chi connectivity index (χ4n) is 4.30. The van der Waals surface area contributed by atoms with Crippen LogP contribution in [0.4, 0.5) is 0 Å². The topological polar surface area (TPSA) is 75.4 Å². The zero-order valence-corrected chi connectivity index (χ0v) is 18.9. The Morgan fingerprint density at radius 3 is 2.25 bits per heavy atom. The van der Waals surface area contributed by atoms with Gasteiger partial charge in [0, 0.05) is 56.8 Å². The van der Waals surface area contributed by atoms with Crippen LogP contribution in [-0.4, -0.2) is 55.3 Å². The van der Waals surface area contributed by atoms with Gasteiger partial charge in [0.15, 0.2) is 11.5 Å². The Kier molecular flexibility index (Phi) is 6.67. The monoisotopic (exact) mass is 438 g/mol. The highest BCUT2D eigenvalue weighted by Gasteiger charge is 2.19. The summed E-state index contributed by atoms with van der Waals surface area (Å²) in [6, 6.07) is 11.1. The summed E-state index contributed by atoms with van der Waals surface area (Å²) < 4.78 is 16.1. The number of hydrogen-bond donors (Lipinski definition) is 1. The summed E-state index contributed by atoms with van der Waals surface area (Å²) in [7, 11) is 3.29. The maximum atomic E-state index is 12.1. The van der Waals surface area contributed by atoms with Crippen molar-refractivity contribution in [2.75, 3.05) is 40.4 Å². The number of methoxy groups -OCH3 is 2. The molecule has 0 amide bonds. The molecular weight excluding hydrogens is 408 g/mol. The van der Waals surface area contributed by atoms with Crippen molar-refractivity contribution in [2.24, 2.45) is 0 Å². The van der Waals surface area contributed by atoms with Crippen molar-refractivity contribution in [3.8, 4) is 17.2 Å². The van der Waals surface area contributed by atoms with Crippen LogP contribution in [0, 0.1) is 0 Å². The summed E-state index contributed by atoms with van der Waals surface area (Å²) in [6.45, 7) is 7.23. The van der Waals surface area contributed by atoms with E-state index in [0.717, 1.165) is 67.2 Å². The SMILES string of the molecule is CCc1cc2c(CN3CCN(Cc4ccc(OC)c(OC)c4)CC3)cc(=O)oc2cc1O. The third kappa shape index (κ3) is 4.74. The van der Waals surface area contributed by atoms with Crippen LogP contribution in [0.2, 0.25) is 0 Å². The minimum absolute atomic E-state index is 0.170. The van der Waals surface area contributed by atoms with Crippen LogP contribution in [0.5, 0.6) is 17.2 Å². The molecule has 0 radical (unpaired) electrons. The Bertz CT molecular complexity index is 1150. The van der Waals surface area contributed by atoms with E-state index in [1.54, 1.807) is 26.4 Å². The highest BCUT2D eigenvalue weighted by molar-refractivity contribution is 5.82. The van der Waals surface area contributed by atoms with E-state index in [2.05, 4.69) is 15.9 Å². The molecule has 7 heteroatoms. The van der Waals surface area contributed by atoms with Crippen LogP contribution in [0.3, 0.4) is 0 Å². The van der Waals surface area contributed by atoms with Crippen LogP contribution in [0.1, 0.15) is 23.6 Å². The van der Waals surface area contributed by atoms with Gasteiger partial charge in [-0.2, -0.15) is 0 Å². The first-order valence-corrected chi connectivity index (χ1v) is 10.9. The van der Waals surface area contributed by atoms with Crippen LogP contribution in [0.25, 0.3) is 11.0 Å². The number of ether oxygens (including phenoxy) is 2. The first-order valence-electron chi connectivity index (χ1n) is 10.9. The van der Waals surface area contributed by atoms with Crippen LogP contribution < -0.4 is 15.1 Å². The third-order valence-electron chi connectivity index (χ3n) is 6.12. The summed E-state index contributed by atoms with van der Waals surface area (Å²) in [5, 5.41) is 11.0. The predicted octanol–water partition coefficient (Wildman–Crippen LogP) is 3.40. The summed E-state index contributed by atoms with van der Waals surface area (Å²) in [5.41, 5.74) is 3.04. The van der Waals surface area contributed by atoms with Gasteiger partial charge in [0.25, 0.3) is 0 Å². The highest BCUT2D eigenvalue weighted by atomic mass is 16.5. The van der Waals surface area contributed by atoms with Crippen molar-refractivity contribution >= 4 is 11.0 Å². The standard InChI is InChI=1S/C25H30N2O5/c1-4-18-12-20-19(13-25(29)32-23(20)14-21(18)28)16-27-9-7-26(8-10-27)15-17-5-6-22(30-2)24(11-17)31-3/h5-6,11-14,28H,4,7-10,15-16H2,1-3H3. The van der Waals surface area contributed by atoms with Gasteiger partial charge in [0.2, 0.25) is 0 Å². The Morgan fingerprint density at radius 2 is 1.59 bits per heavy atom. The fourth-order valence-corrected chi connectivity index (χ4v) is 4.30. The van der Waals surface area contributed by atoms with E-state index in [1.807, 2.05) is 25.1 Å². The molecule has 32 heavy (non-hydrogen) atoms. The minimum atomic E-state index is -0.386. The first-order chi connectivity index (χ1) is 15.5. The average molecular weight is 439 g/mol. The second kappa shape index (κ2) is 9.63. The zero-order chi connectivity index (χ0) is 22.7. The molecule has 7 nitrogen and oxygen atoms in total. The molecule has 0 unspecified atom stereocenters. The molecule has 1 aliphatic heterocycles. The van der Waals surface area contributed by atoms with Crippen LogP contribution in [-0.2, 0) is 19.5 Å². The second-order valence-electron chi connectivity index (χ2n) is 8.16. The molecule has 1 fully saturated rings. The van der Waals surface area contributed by atoms with Gasteiger partial charge in [-0.25, -0.2) is 4.79 Å². The van der Waals surface area contributed by atoms with Crippen molar-refractivity contribution in [2.45, 2.75) is 26.4 Å². The highest BCUT2D eigenvalue weighted by Crippen LogP contribution is 2.29. The molecule has 0 bridgehead atoms. The van der Waals surface area contributed by atoms with E-state index in [9.17, 15) is 9.90 Å². The van der Waals surface area contributed by atoms with Gasteiger partial charge in [-0.3, -0.25) is 9.80 Å². The smallest absolute Gasteiger partial charge is 0.336 e. The lowest BCUT2D eigenvalue weighted by atomic mass is 10.0. The number of benzene rings is 2. The molecule has 170 valence electrons. The minimum Gasteiger partial charge on any atom is -0.508 e. The number of fused-ring (bicyclic) bond motifs is 1. The number of aryl methyl sites for hydroxylation is 1. The van der Waals surface area contributed by atoms with Crippen molar-refractivity contribution in [3.63, 3.8) is 0 Å². The van der Waals surface area contributed by atoms with Crippen LogP contribution in [0.15, 0.2) is 45.6 Å². The molecule has 1 aliphatic rings. The number of piperazine rings is 1. The molecule has 3 aromatic rings. The number of phenols is 1. The maximum absolute atomic E-state index is 12.1. The lowest BCUT2D eigenvalue weighted by Gasteiger charge is -2.35. The van der Waals surface area contributed by atoms with Gasteiger partial charge in [-0.1, -0.05) is 13.0 Å². The molecule has 0 aliphatic carbocycles. The number of phenolic OH excluding ortho intramolecular Hbond substituents is 1. The summed E-state index contributed by atoms with van der Waals surface area (Å²) in [5.74, 6) is 1.65. The molecular formula is C25H30N2O5. The lowest BCUT2D eigenvalue weighted by Crippen LogP contribution is -2.45. The van der Waals surface area contributed by atoms with Gasteiger partial charge < -0.3 is 19.0 Å². The lowest BCUT2D eigenvalue weighted by molar-refractivity contribution is 0.122. The largest absolute Gasteiger partial charge is 0.508 e. The Hall–Kier alpha value is -3.03. The molecule has 2 heterocycles. The molecule has 0 spiro atoms. The van der Waals surface area contributed by atoms with Gasteiger partial charge in [-0.05, 0) is 41.3 Å². The quantitative estimate of drug-likeness (QED) is 0.567. The molecule has 1 saturated heterocycles. The van der Waals surface area contributed by atoms with E-state index < -0.39 is 0 Å². The van der Waals surface area contributed by atoms with E-state index in [0.29, 0.717) is 12.1 Å². The second-order valence-corrected chi connectivity index (χ2v) is 8.16. The summed E-state index contributed by atoms with van der Waals surface area (Å²) in [4.78, 5) is 16.8. The maximum Gasteiger partial charge on any atom is 0.336 e. The van der Waals surface area contributed by atoms with Crippen LogP contribution >= 0.6 is 0 Å². The van der Waals surface area contributed by atoms with E-state index in [-0.39, 0.29) is 11.4 Å². The van der Waals surface area contributed by atoms with Gasteiger partial charge in [0.1, 0.15) is 11.3 Å². The third-order valence-corrected chi connectivity index (χ3v) is 6.12. The van der Waals surface area contributed by atoms with Gasteiger partial charge >= 0.3 is 5.63 Å². The summed E-state index contributed by atoms with van der Waals surface area (Å²) in [6.07, 6.45) is 0.717. The fraction of sp³-hybridized carbons (Fsp3) is 0.400. The van der Waals surface area contributed by atoms with E-state index in [1.165, 1.54) is 5.56 Å². The molecule has 1 aromatic heterocycles. The van der Waals surface area contributed by atoms with Crippen molar-refractivity contribution in [1.82, 2.24) is 9.80 Å². The Morgan fingerprint density at radius 1 is 0.906 bits per heavy atom. The number of rotatable bonds is 7. The van der Waals surface area contributed by atoms with Crippen molar-refractivity contribution in [3.05, 3.63) is 63.5 Å². The number of nitrogens with zero attached hydrogens (tertiary/aromatic N) is 2. The van der Waals surface area contributed by atoms with Crippen molar-refractivity contribution in [1.29, 1.82) is 0 Å². The predicted molar refractivity (Wildman–Crippen MR) is 124 cm³/mol. The molecule has 4 rings (SSSR count). The molecule has 1 N–H and O–H groups in total.